The van der Waals surface area contributed by atoms with Gasteiger partial charge in [-0.1, -0.05) is 6.07 Å². The van der Waals surface area contributed by atoms with E-state index < -0.39 is 10.0 Å². The van der Waals surface area contributed by atoms with E-state index in [1.54, 1.807) is 22.5 Å². The standard InChI is InChI=1S/C17H25N3O4S.ClH/c1-2-24-7-6-19-17(21)13-4-3-5-16(8-13)25(22,23)20-11-14-9-18-10-15(14)12-20;/h3-5,8,14-15,18H,2,6-7,9-12H2,1H3,(H,19,21);1H/t14-,15+;. The average Bonchev–Trinajstić information content (AvgIpc) is 3.21. The fraction of sp³-hybridized carbons (Fsp3) is 0.588. The number of halogens is 1. The zero-order valence-corrected chi connectivity index (χ0v) is 16.4. The van der Waals surface area contributed by atoms with E-state index in [9.17, 15) is 13.2 Å². The van der Waals surface area contributed by atoms with Crippen LogP contribution in [0.4, 0.5) is 0 Å². The predicted octanol–water partition coefficient (Wildman–Crippen LogP) is 0.715. The number of nitrogens with zero attached hydrogens (tertiary/aromatic N) is 1. The van der Waals surface area contributed by atoms with Crippen LogP contribution in [0.3, 0.4) is 0 Å². The molecule has 2 aliphatic heterocycles. The molecule has 0 aromatic heterocycles. The molecule has 2 aliphatic rings. The molecule has 7 nitrogen and oxygen atoms in total. The minimum absolute atomic E-state index is 0. The van der Waals surface area contributed by atoms with E-state index in [2.05, 4.69) is 10.6 Å². The summed E-state index contributed by atoms with van der Waals surface area (Å²) in [5, 5.41) is 6.04. The van der Waals surface area contributed by atoms with Crippen molar-refractivity contribution in [1.29, 1.82) is 0 Å². The van der Waals surface area contributed by atoms with Crippen LogP contribution in [0.2, 0.25) is 0 Å². The van der Waals surface area contributed by atoms with Gasteiger partial charge >= 0.3 is 0 Å². The maximum atomic E-state index is 12.9. The van der Waals surface area contributed by atoms with Crippen molar-refractivity contribution in [2.45, 2.75) is 11.8 Å². The Morgan fingerprint density at radius 3 is 2.65 bits per heavy atom. The summed E-state index contributed by atoms with van der Waals surface area (Å²) in [6.45, 7) is 6.15. The highest BCUT2D eigenvalue weighted by Gasteiger charge is 2.41. The first-order valence-electron chi connectivity index (χ1n) is 8.69. The second kappa shape index (κ2) is 9.14. The Kier molecular flexibility index (Phi) is 7.42. The predicted molar refractivity (Wildman–Crippen MR) is 101 cm³/mol. The lowest BCUT2D eigenvalue weighted by molar-refractivity contribution is 0.0922. The zero-order chi connectivity index (χ0) is 17.9. The molecule has 2 N–H and O–H groups in total. The number of hydrogen-bond acceptors (Lipinski definition) is 5. The highest BCUT2D eigenvalue weighted by atomic mass is 35.5. The summed E-state index contributed by atoms with van der Waals surface area (Å²) in [6.07, 6.45) is 0. The van der Waals surface area contributed by atoms with Crippen molar-refractivity contribution in [2.24, 2.45) is 11.8 Å². The molecule has 0 saturated carbocycles. The lowest BCUT2D eigenvalue weighted by atomic mass is 10.0. The van der Waals surface area contributed by atoms with Crippen LogP contribution in [0.15, 0.2) is 29.2 Å². The summed E-state index contributed by atoms with van der Waals surface area (Å²) >= 11 is 0. The number of carbonyl (C=O) groups is 1. The van der Waals surface area contributed by atoms with E-state index >= 15 is 0 Å². The molecule has 9 heteroatoms. The van der Waals surface area contributed by atoms with E-state index in [1.165, 1.54) is 6.07 Å². The molecular weight excluding hydrogens is 378 g/mol. The van der Waals surface area contributed by atoms with E-state index in [1.807, 2.05) is 6.92 Å². The van der Waals surface area contributed by atoms with Gasteiger partial charge in [-0.05, 0) is 50.0 Å². The number of benzene rings is 1. The Hall–Kier alpha value is -1.19. The summed E-state index contributed by atoms with van der Waals surface area (Å²) in [7, 11) is -3.57. The van der Waals surface area contributed by atoms with Crippen molar-refractivity contribution in [3.63, 3.8) is 0 Å². The molecule has 146 valence electrons. The number of fused-ring (bicyclic) bond motifs is 1. The normalized spacial score (nSPS) is 22.7. The number of sulfonamides is 1. The third kappa shape index (κ3) is 4.55. The molecule has 2 atom stereocenters. The highest BCUT2D eigenvalue weighted by molar-refractivity contribution is 7.89. The van der Waals surface area contributed by atoms with E-state index in [-0.39, 0.29) is 23.2 Å². The number of nitrogens with one attached hydrogen (secondary N) is 2. The molecule has 1 amide bonds. The van der Waals surface area contributed by atoms with Crippen LogP contribution < -0.4 is 10.6 Å². The van der Waals surface area contributed by atoms with Crippen LogP contribution in [0.25, 0.3) is 0 Å². The van der Waals surface area contributed by atoms with Gasteiger partial charge in [0, 0.05) is 31.8 Å². The average molecular weight is 404 g/mol. The van der Waals surface area contributed by atoms with Crippen molar-refractivity contribution < 1.29 is 17.9 Å². The van der Waals surface area contributed by atoms with Crippen LogP contribution >= 0.6 is 12.4 Å². The van der Waals surface area contributed by atoms with E-state index in [4.69, 9.17) is 4.74 Å². The monoisotopic (exact) mass is 403 g/mol. The van der Waals surface area contributed by atoms with Gasteiger partial charge in [0.05, 0.1) is 11.5 Å². The molecular formula is C17H26ClN3O4S. The molecule has 0 aliphatic carbocycles. The fourth-order valence-electron chi connectivity index (χ4n) is 3.44. The summed E-state index contributed by atoms with van der Waals surface area (Å²) < 4.78 is 32.5. The summed E-state index contributed by atoms with van der Waals surface area (Å²) in [5.41, 5.74) is 0.346. The first-order chi connectivity index (χ1) is 12.0. The van der Waals surface area contributed by atoms with Crippen LogP contribution in [0.5, 0.6) is 0 Å². The van der Waals surface area contributed by atoms with E-state index in [0.29, 0.717) is 50.2 Å². The summed E-state index contributed by atoms with van der Waals surface area (Å²) in [5.74, 6) is 0.485. The van der Waals surface area contributed by atoms with E-state index in [0.717, 1.165) is 13.1 Å². The molecule has 0 radical (unpaired) electrons. The van der Waals surface area contributed by atoms with Gasteiger partial charge in [-0.2, -0.15) is 4.31 Å². The largest absolute Gasteiger partial charge is 0.380 e. The van der Waals surface area contributed by atoms with Crippen molar-refractivity contribution in [2.75, 3.05) is 45.9 Å². The molecule has 3 rings (SSSR count). The lowest BCUT2D eigenvalue weighted by Gasteiger charge is -2.18. The zero-order valence-electron chi connectivity index (χ0n) is 14.8. The summed E-state index contributed by atoms with van der Waals surface area (Å²) in [4.78, 5) is 12.4. The van der Waals surface area contributed by atoms with Gasteiger partial charge in [0.15, 0.2) is 0 Å². The fourth-order valence-corrected chi connectivity index (χ4v) is 5.04. The van der Waals surface area contributed by atoms with Crippen LogP contribution in [-0.2, 0) is 14.8 Å². The van der Waals surface area contributed by atoms with Crippen LogP contribution in [-0.4, -0.2) is 64.6 Å². The maximum Gasteiger partial charge on any atom is 0.251 e. The van der Waals surface area contributed by atoms with Gasteiger partial charge in [-0.3, -0.25) is 4.79 Å². The molecule has 1 aromatic rings. The minimum Gasteiger partial charge on any atom is -0.380 e. The van der Waals surface area contributed by atoms with Gasteiger partial charge in [0.2, 0.25) is 10.0 Å². The third-order valence-electron chi connectivity index (χ3n) is 4.83. The molecule has 2 heterocycles. The van der Waals surface area contributed by atoms with Crippen LogP contribution in [0.1, 0.15) is 17.3 Å². The number of rotatable bonds is 7. The molecule has 2 saturated heterocycles. The molecule has 0 spiro atoms. The smallest absolute Gasteiger partial charge is 0.251 e. The molecule has 0 bridgehead atoms. The lowest BCUT2D eigenvalue weighted by Crippen LogP contribution is -2.32. The number of amides is 1. The summed E-state index contributed by atoms with van der Waals surface area (Å²) in [6, 6.07) is 6.25. The number of hydrogen-bond donors (Lipinski definition) is 2. The number of carbonyl (C=O) groups excluding carboxylic acids is 1. The Bertz CT molecular complexity index is 716. The Labute approximate surface area is 160 Å². The Balaban J connectivity index is 0.00000243. The molecule has 1 aromatic carbocycles. The SMILES string of the molecule is CCOCCNC(=O)c1cccc(S(=O)(=O)N2C[C@H]3CNC[C@H]3C2)c1.Cl. The molecule has 0 unspecified atom stereocenters. The molecule has 26 heavy (non-hydrogen) atoms. The van der Waals surface area contributed by atoms with Gasteiger partial charge in [-0.25, -0.2) is 8.42 Å². The molecule has 2 fully saturated rings. The minimum atomic E-state index is -3.57. The second-order valence-corrected chi connectivity index (χ2v) is 8.42. The third-order valence-corrected chi connectivity index (χ3v) is 6.65. The van der Waals surface area contributed by atoms with Crippen LogP contribution in [0, 0.1) is 11.8 Å². The first kappa shape index (κ1) is 21.1. The number of ether oxygens (including phenoxy) is 1. The highest BCUT2D eigenvalue weighted by Crippen LogP contribution is 2.30. The van der Waals surface area contributed by atoms with Gasteiger partial charge in [-0.15, -0.1) is 12.4 Å². The van der Waals surface area contributed by atoms with Crippen molar-refractivity contribution >= 4 is 28.3 Å². The quantitative estimate of drug-likeness (QED) is 0.655. The Morgan fingerprint density at radius 2 is 2.00 bits per heavy atom. The van der Waals surface area contributed by atoms with Crippen molar-refractivity contribution in [3.05, 3.63) is 29.8 Å². The van der Waals surface area contributed by atoms with Gasteiger partial charge in [0.1, 0.15) is 0 Å². The topological polar surface area (TPSA) is 87.7 Å². The Morgan fingerprint density at radius 1 is 1.31 bits per heavy atom. The van der Waals surface area contributed by atoms with Crippen molar-refractivity contribution in [1.82, 2.24) is 14.9 Å². The maximum absolute atomic E-state index is 12.9. The first-order valence-corrected chi connectivity index (χ1v) is 10.1. The van der Waals surface area contributed by atoms with Gasteiger partial charge in [0.25, 0.3) is 5.91 Å². The van der Waals surface area contributed by atoms with Crippen molar-refractivity contribution in [3.8, 4) is 0 Å². The second-order valence-electron chi connectivity index (χ2n) is 6.48. The van der Waals surface area contributed by atoms with Gasteiger partial charge < -0.3 is 15.4 Å².